The Morgan fingerprint density at radius 2 is 1.79 bits per heavy atom. The molecule has 1 N–H and O–H groups in total. The number of methoxy groups -OCH3 is 2. The van der Waals surface area contributed by atoms with E-state index in [2.05, 4.69) is 11.4 Å². The molecule has 34 heavy (non-hydrogen) atoms. The number of rotatable bonds is 4. The minimum Gasteiger partial charge on any atom is -0.493 e. The van der Waals surface area contributed by atoms with Gasteiger partial charge in [-0.05, 0) is 53.4 Å². The number of hydrogen-bond donors (Lipinski definition) is 1. The fourth-order valence-corrected chi connectivity index (χ4v) is 5.02. The molecular formula is C27H23N3O4. The molecule has 0 bridgehead atoms. The molecule has 3 aromatic carbocycles. The minimum absolute atomic E-state index is 0.133. The van der Waals surface area contributed by atoms with Crippen LogP contribution < -0.4 is 14.8 Å². The first kappa shape index (κ1) is 21.5. The number of anilines is 1. The first-order valence-electron chi connectivity index (χ1n) is 11.0. The largest absolute Gasteiger partial charge is 0.493 e. The molecule has 2 heterocycles. The Morgan fingerprint density at radius 3 is 2.56 bits per heavy atom. The lowest BCUT2D eigenvalue weighted by Gasteiger charge is -2.45. The third-order valence-electron chi connectivity index (χ3n) is 6.57. The summed E-state index contributed by atoms with van der Waals surface area (Å²) >= 11 is 0. The van der Waals surface area contributed by atoms with Gasteiger partial charge in [0.2, 0.25) is 5.91 Å². The van der Waals surface area contributed by atoms with Crippen molar-refractivity contribution in [1.82, 2.24) is 4.90 Å². The third-order valence-corrected chi connectivity index (χ3v) is 6.57. The number of fused-ring (bicyclic) bond motifs is 4. The molecule has 7 nitrogen and oxygen atoms in total. The number of benzene rings is 3. The molecule has 0 saturated heterocycles. The SMILES string of the molecule is COc1cc2c(cc1OC)C(C(=O)Nc1cccc(C#N)c1)C1c3ccccc3CCN1C2=O. The Kier molecular flexibility index (Phi) is 5.42. The van der Waals surface area contributed by atoms with Gasteiger partial charge in [-0.1, -0.05) is 30.3 Å². The van der Waals surface area contributed by atoms with Gasteiger partial charge in [0.15, 0.2) is 11.5 Å². The second-order valence-corrected chi connectivity index (χ2v) is 8.35. The lowest BCUT2D eigenvalue weighted by Crippen LogP contribution is -2.49. The summed E-state index contributed by atoms with van der Waals surface area (Å²) < 4.78 is 10.9. The molecule has 0 spiro atoms. The van der Waals surface area contributed by atoms with Gasteiger partial charge in [-0.2, -0.15) is 5.26 Å². The van der Waals surface area contributed by atoms with E-state index in [4.69, 9.17) is 9.47 Å². The summed E-state index contributed by atoms with van der Waals surface area (Å²) in [6, 6.07) is 19.8. The first-order valence-corrected chi connectivity index (χ1v) is 11.0. The maximum atomic E-state index is 13.9. The summed E-state index contributed by atoms with van der Waals surface area (Å²) in [7, 11) is 3.05. The van der Waals surface area contributed by atoms with E-state index in [1.165, 1.54) is 14.2 Å². The molecule has 0 saturated carbocycles. The fraction of sp³-hybridized carbons (Fsp3) is 0.222. The van der Waals surface area contributed by atoms with Crippen LogP contribution in [-0.4, -0.2) is 37.5 Å². The molecule has 2 amide bonds. The number of carbonyl (C=O) groups is 2. The first-order chi connectivity index (χ1) is 16.5. The molecule has 3 aromatic rings. The van der Waals surface area contributed by atoms with E-state index in [0.717, 1.165) is 17.5 Å². The van der Waals surface area contributed by atoms with E-state index in [1.54, 1.807) is 41.3 Å². The lowest BCUT2D eigenvalue weighted by atomic mass is 9.75. The van der Waals surface area contributed by atoms with Gasteiger partial charge in [0.1, 0.15) is 0 Å². The maximum Gasteiger partial charge on any atom is 0.254 e. The molecule has 2 aliphatic heterocycles. The highest BCUT2D eigenvalue weighted by Gasteiger charge is 2.47. The van der Waals surface area contributed by atoms with Crippen LogP contribution in [0.3, 0.4) is 0 Å². The zero-order chi connectivity index (χ0) is 23.8. The quantitative estimate of drug-likeness (QED) is 0.644. The second kappa shape index (κ2) is 8.56. The Hall–Kier alpha value is -4.31. The number of carbonyl (C=O) groups excluding carboxylic acids is 2. The lowest BCUT2D eigenvalue weighted by molar-refractivity contribution is -0.119. The Balaban J connectivity index is 1.67. The van der Waals surface area contributed by atoms with Crippen molar-refractivity contribution in [3.63, 3.8) is 0 Å². The Morgan fingerprint density at radius 1 is 1.03 bits per heavy atom. The van der Waals surface area contributed by atoms with E-state index in [9.17, 15) is 14.9 Å². The summed E-state index contributed by atoms with van der Waals surface area (Å²) in [5.41, 5.74) is 4.10. The predicted molar refractivity (Wildman–Crippen MR) is 126 cm³/mol. The molecule has 7 heteroatoms. The van der Waals surface area contributed by atoms with Gasteiger partial charge in [-0.3, -0.25) is 9.59 Å². The van der Waals surface area contributed by atoms with Crippen molar-refractivity contribution in [1.29, 1.82) is 5.26 Å². The molecule has 2 unspecified atom stereocenters. The molecule has 2 aliphatic rings. The molecule has 0 radical (unpaired) electrons. The Labute approximate surface area is 197 Å². The normalized spacial score (nSPS) is 18.1. The van der Waals surface area contributed by atoms with Crippen molar-refractivity contribution in [2.24, 2.45) is 0 Å². The van der Waals surface area contributed by atoms with Gasteiger partial charge in [-0.25, -0.2) is 0 Å². The van der Waals surface area contributed by atoms with Crippen LogP contribution in [0.4, 0.5) is 5.69 Å². The zero-order valence-corrected chi connectivity index (χ0v) is 18.9. The number of ether oxygens (including phenoxy) is 2. The van der Waals surface area contributed by atoms with Crippen molar-refractivity contribution in [2.45, 2.75) is 18.4 Å². The van der Waals surface area contributed by atoms with Gasteiger partial charge in [0.25, 0.3) is 5.91 Å². The van der Waals surface area contributed by atoms with Crippen LogP contribution in [0.5, 0.6) is 11.5 Å². The van der Waals surface area contributed by atoms with Crippen LogP contribution in [0.25, 0.3) is 0 Å². The van der Waals surface area contributed by atoms with Crippen LogP contribution >= 0.6 is 0 Å². The Bertz CT molecular complexity index is 1340. The van der Waals surface area contributed by atoms with Crippen LogP contribution in [0.15, 0.2) is 60.7 Å². The summed E-state index contributed by atoms with van der Waals surface area (Å²) in [5.74, 6) is -0.185. The highest BCUT2D eigenvalue weighted by molar-refractivity contribution is 6.05. The predicted octanol–water partition coefficient (Wildman–Crippen LogP) is 4.05. The van der Waals surface area contributed by atoms with Crippen molar-refractivity contribution in [3.8, 4) is 17.6 Å². The third kappa shape index (κ3) is 3.44. The van der Waals surface area contributed by atoms with E-state index in [-0.39, 0.29) is 11.8 Å². The second-order valence-electron chi connectivity index (χ2n) is 8.35. The summed E-state index contributed by atoms with van der Waals surface area (Å²) in [4.78, 5) is 29.2. The molecule has 2 atom stereocenters. The van der Waals surface area contributed by atoms with Crippen molar-refractivity contribution in [2.75, 3.05) is 26.1 Å². The summed E-state index contributed by atoms with van der Waals surface area (Å²) in [6.45, 7) is 0.516. The average Bonchev–Trinajstić information content (AvgIpc) is 2.88. The smallest absolute Gasteiger partial charge is 0.254 e. The molecular weight excluding hydrogens is 430 g/mol. The van der Waals surface area contributed by atoms with Gasteiger partial charge < -0.3 is 19.7 Å². The summed E-state index contributed by atoms with van der Waals surface area (Å²) in [6.07, 6.45) is 0.722. The molecule has 170 valence electrons. The van der Waals surface area contributed by atoms with E-state index >= 15 is 0 Å². The maximum absolute atomic E-state index is 13.9. The van der Waals surface area contributed by atoms with Gasteiger partial charge in [0, 0.05) is 17.8 Å². The number of nitrogens with zero attached hydrogens (tertiary/aromatic N) is 2. The van der Waals surface area contributed by atoms with Crippen molar-refractivity contribution >= 4 is 17.5 Å². The highest BCUT2D eigenvalue weighted by Crippen LogP contribution is 2.48. The van der Waals surface area contributed by atoms with E-state index in [0.29, 0.717) is 40.4 Å². The average molecular weight is 453 g/mol. The number of amides is 2. The molecule has 5 rings (SSSR count). The van der Waals surface area contributed by atoms with E-state index in [1.807, 2.05) is 24.3 Å². The molecule has 0 aromatic heterocycles. The van der Waals surface area contributed by atoms with Crippen LogP contribution in [0, 0.1) is 11.3 Å². The summed E-state index contributed by atoms with van der Waals surface area (Å²) in [5, 5.41) is 12.2. The number of nitrogens with one attached hydrogen (secondary N) is 1. The number of hydrogen-bond acceptors (Lipinski definition) is 5. The highest BCUT2D eigenvalue weighted by atomic mass is 16.5. The fourth-order valence-electron chi connectivity index (χ4n) is 5.02. The molecule has 0 fully saturated rings. The minimum atomic E-state index is -0.681. The zero-order valence-electron chi connectivity index (χ0n) is 18.9. The van der Waals surface area contributed by atoms with Gasteiger partial charge in [0.05, 0.1) is 37.8 Å². The number of nitriles is 1. The van der Waals surface area contributed by atoms with Crippen LogP contribution in [-0.2, 0) is 11.2 Å². The van der Waals surface area contributed by atoms with Crippen LogP contribution in [0.2, 0.25) is 0 Å². The van der Waals surface area contributed by atoms with Crippen molar-refractivity contribution in [3.05, 3.63) is 88.5 Å². The van der Waals surface area contributed by atoms with Gasteiger partial charge in [-0.15, -0.1) is 0 Å². The van der Waals surface area contributed by atoms with E-state index < -0.39 is 12.0 Å². The molecule has 0 aliphatic carbocycles. The van der Waals surface area contributed by atoms with Crippen LogP contribution in [0.1, 0.15) is 44.6 Å². The standard InChI is InChI=1S/C27H23N3O4/c1-33-22-13-20-21(14-23(22)34-2)27(32)30-11-10-17-7-3-4-9-19(17)25(30)24(20)26(31)29-18-8-5-6-16(12-18)15-28/h3-9,12-14,24-25H,10-11H2,1-2H3,(H,29,31). The van der Waals surface area contributed by atoms with Gasteiger partial charge >= 0.3 is 0 Å². The monoisotopic (exact) mass is 453 g/mol. The van der Waals surface area contributed by atoms with Crippen molar-refractivity contribution < 1.29 is 19.1 Å². The topological polar surface area (TPSA) is 91.7 Å².